The molecule has 2 amide bonds. The number of alkyl halides is 3. The van der Waals surface area contributed by atoms with Crippen LogP contribution in [0, 0.1) is 5.41 Å². The molecule has 4 heterocycles. The molecule has 5 aliphatic rings. The SMILES string of the molecule is COc1ccc(-c2c(C3CCCCC3)c3ccc(C(=O)NS(=O)(=O)CC(F)(F)F)cc3n2CC2(C(=O)N3CC4CCC3CN4)CC2)cc1. The van der Waals surface area contributed by atoms with Gasteiger partial charge in [0, 0.05) is 48.2 Å². The lowest BCUT2D eigenvalue weighted by atomic mass is 9.81. The number of nitrogens with one attached hydrogen (secondary N) is 2. The van der Waals surface area contributed by atoms with Gasteiger partial charge < -0.3 is 19.5 Å². The summed E-state index contributed by atoms with van der Waals surface area (Å²) in [5.41, 5.74) is 2.96. The van der Waals surface area contributed by atoms with E-state index in [4.69, 9.17) is 4.74 Å². The Bertz CT molecular complexity index is 1820. The topological polar surface area (TPSA) is 110 Å². The maximum absolute atomic E-state index is 14.3. The lowest BCUT2D eigenvalue weighted by Crippen LogP contribution is -2.63. The fourth-order valence-corrected chi connectivity index (χ4v) is 9.06. The molecule has 2 aliphatic carbocycles. The number of nitrogens with zero attached hydrogens (tertiary/aromatic N) is 2. The Morgan fingerprint density at radius 1 is 1.02 bits per heavy atom. The van der Waals surface area contributed by atoms with Gasteiger partial charge in [0.1, 0.15) is 5.75 Å². The molecule has 2 N–H and O–H groups in total. The molecule has 0 spiro atoms. The molecule has 3 aromatic rings. The van der Waals surface area contributed by atoms with Crippen molar-refractivity contribution < 1.29 is 35.9 Å². The van der Waals surface area contributed by atoms with Gasteiger partial charge >= 0.3 is 6.18 Å². The highest BCUT2D eigenvalue weighted by atomic mass is 32.2. The number of fused-ring (bicyclic) bond motifs is 4. The molecular formula is C35H41F3N4O5S. The molecule has 48 heavy (non-hydrogen) atoms. The predicted octanol–water partition coefficient (Wildman–Crippen LogP) is 5.73. The monoisotopic (exact) mass is 686 g/mol. The van der Waals surface area contributed by atoms with Gasteiger partial charge in [-0.25, -0.2) is 13.1 Å². The number of halogens is 3. The summed E-state index contributed by atoms with van der Waals surface area (Å²) in [7, 11) is -3.36. The van der Waals surface area contributed by atoms with Gasteiger partial charge in [-0.05, 0) is 92.0 Å². The Morgan fingerprint density at radius 3 is 2.33 bits per heavy atom. The van der Waals surface area contributed by atoms with Crippen molar-refractivity contribution in [2.75, 3.05) is 26.0 Å². The van der Waals surface area contributed by atoms with Gasteiger partial charge in [0.2, 0.25) is 15.9 Å². The zero-order valence-electron chi connectivity index (χ0n) is 26.9. The Labute approximate surface area is 278 Å². The fourth-order valence-electron chi connectivity index (χ4n) is 8.15. The van der Waals surface area contributed by atoms with Crippen LogP contribution in [0.3, 0.4) is 0 Å². The number of piperidine rings is 2. The molecule has 3 saturated heterocycles. The number of hydrogen-bond donors (Lipinski definition) is 2. The number of carbonyl (C=O) groups is 2. The smallest absolute Gasteiger partial charge is 0.404 e. The maximum atomic E-state index is 14.3. The first kappa shape index (κ1) is 32.9. The minimum absolute atomic E-state index is 0.0703. The Hall–Kier alpha value is -3.58. The lowest BCUT2D eigenvalue weighted by Gasteiger charge is -2.47. The molecule has 2 aromatic carbocycles. The van der Waals surface area contributed by atoms with E-state index in [1.807, 2.05) is 24.3 Å². The Morgan fingerprint density at radius 2 is 1.75 bits per heavy atom. The van der Waals surface area contributed by atoms with Crippen molar-refractivity contribution in [2.24, 2.45) is 5.41 Å². The van der Waals surface area contributed by atoms with Gasteiger partial charge in [-0.1, -0.05) is 25.3 Å². The third-order valence-corrected chi connectivity index (χ3v) is 11.9. The summed E-state index contributed by atoms with van der Waals surface area (Å²) in [5, 5.41) is 4.42. The number of methoxy groups -OCH3 is 1. The Kier molecular flexibility index (Phi) is 8.50. The quantitative estimate of drug-likeness (QED) is 0.298. The molecule has 2 bridgehead atoms. The van der Waals surface area contributed by atoms with Crippen LogP contribution >= 0.6 is 0 Å². The molecule has 1 aromatic heterocycles. The molecule has 2 unspecified atom stereocenters. The van der Waals surface area contributed by atoms with E-state index in [2.05, 4.69) is 14.8 Å². The average Bonchev–Trinajstić information content (AvgIpc) is 3.79. The van der Waals surface area contributed by atoms with E-state index in [9.17, 15) is 31.2 Å². The molecule has 13 heteroatoms. The first-order valence-corrected chi connectivity index (χ1v) is 18.5. The molecule has 3 aliphatic heterocycles. The predicted molar refractivity (Wildman–Crippen MR) is 175 cm³/mol. The second-order valence-corrected chi connectivity index (χ2v) is 15.7. The minimum atomic E-state index is -5.00. The molecule has 8 rings (SSSR count). The number of carbonyl (C=O) groups excluding carboxylic acids is 2. The third kappa shape index (κ3) is 6.43. The van der Waals surface area contributed by atoms with Crippen LogP contribution in [0.2, 0.25) is 0 Å². The molecular weight excluding hydrogens is 645 g/mol. The van der Waals surface area contributed by atoms with Crippen LogP contribution in [0.5, 0.6) is 5.75 Å². The van der Waals surface area contributed by atoms with E-state index in [0.717, 1.165) is 86.5 Å². The second-order valence-electron chi connectivity index (χ2n) is 14.0. The minimum Gasteiger partial charge on any atom is -0.497 e. The highest BCUT2D eigenvalue weighted by molar-refractivity contribution is 7.90. The van der Waals surface area contributed by atoms with Crippen LogP contribution in [0.15, 0.2) is 42.5 Å². The number of piperazine rings is 1. The zero-order valence-corrected chi connectivity index (χ0v) is 27.8. The van der Waals surface area contributed by atoms with E-state index >= 15 is 0 Å². The van der Waals surface area contributed by atoms with Crippen molar-refractivity contribution >= 4 is 32.7 Å². The fraction of sp³-hybridized carbons (Fsp3) is 0.543. The normalized spacial score (nSPS) is 22.5. The highest BCUT2D eigenvalue weighted by Crippen LogP contribution is 2.53. The number of hydrogen-bond acceptors (Lipinski definition) is 6. The molecule has 258 valence electrons. The van der Waals surface area contributed by atoms with Crippen molar-refractivity contribution in [3.8, 4) is 17.0 Å². The maximum Gasteiger partial charge on any atom is 0.404 e. The molecule has 2 saturated carbocycles. The summed E-state index contributed by atoms with van der Waals surface area (Å²) < 4.78 is 72.4. The van der Waals surface area contributed by atoms with Gasteiger partial charge in [-0.3, -0.25) is 9.59 Å². The summed E-state index contributed by atoms with van der Waals surface area (Å²) in [6, 6.07) is 13.0. The Balaban J connectivity index is 1.35. The van der Waals surface area contributed by atoms with Gasteiger partial charge in [-0.15, -0.1) is 0 Å². The lowest BCUT2D eigenvalue weighted by molar-refractivity contribution is -0.143. The van der Waals surface area contributed by atoms with Crippen LogP contribution in [0.25, 0.3) is 22.2 Å². The first-order chi connectivity index (χ1) is 22.9. The van der Waals surface area contributed by atoms with Crippen molar-refractivity contribution in [3.05, 3.63) is 53.6 Å². The summed E-state index contributed by atoms with van der Waals surface area (Å²) in [4.78, 5) is 29.6. The van der Waals surface area contributed by atoms with E-state index in [-0.39, 0.29) is 23.4 Å². The number of aromatic nitrogens is 1. The number of rotatable bonds is 9. The van der Waals surface area contributed by atoms with Gasteiger partial charge in [0.15, 0.2) is 5.75 Å². The van der Waals surface area contributed by atoms with Crippen LogP contribution < -0.4 is 14.8 Å². The van der Waals surface area contributed by atoms with E-state index in [1.165, 1.54) is 6.07 Å². The summed E-state index contributed by atoms with van der Waals surface area (Å²) in [6.07, 6.45) is 3.74. The molecule has 2 atom stereocenters. The average molecular weight is 687 g/mol. The number of benzene rings is 2. The van der Waals surface area contributed by atoms with Crippen LogP contribution in [0.4, 0.5) is 13.2 Å². The van der Waals surface area contributed by atoms with E-state index in [1.54, 1.807) is 24.0 Å². The second kappa shape index (κ2) is 12.4. The van der Waals surface area contributed by atoms with Gasteiger partial charge in [0.05, 0.1) is 18.2 Å². The van der Waals surface area contributed by atoms with Gasteiger partial charge in [0.25, 0.3) is 5.91 Å². The van der Waals surface area contributed by atoms with Crippen molar-refractivity contribution in [1.82, 2.24) is 19.5 Å². The number of ether oxygens (including phenoxy) is 1. The van der Waals surface area contributed by atoms with Gasteiger partial charge in [-0.2, -0.15) is 13.2 Å². The molecule has 9 nitrogen and oxygen atoms in total. The molecule has 5 fully saturated rings. The van der Waals surface area contributed by atoms with Crippen LogP contribution in [0.1, 0.15) is 79.6 Å². The summed E-state index contributed by atoms with van der Waals surface area (Å²) >= 11 is 0. The largest absolute Gasteiger partial charge is 0.497 e. The van der Waals surface area contributed by atoms with E-state index in [0.29, 0.717) is 30.4 Å². The van der Waals surface area contributed by atoms with Crippen molar-refractivity contribution in [1.29, 1.82) is 0 Å². The van der Waals surface area contributed by atoms with Crippen LogP contribution in [-0.2, 0) is 21.4 Å². The highest BCUT2D eigenvalue weighted by Gasteiger charge is 2.54. The first-order valence-electron chi connectivity index (χ1n) is 16.8. The summed E-state index contributed by atoms with van der Waals surface area (Å²) in [5.74, 6) is -2.22. The number of sulfonamides is 1. The van der Waals surface area contributed by atoms with E-state index < -0.39 is 33.3 Å². The van der Waals surface area contributed by atoms with Crippen molar-refractivity contribution in [3.63, 3.8) is 0 Å². The zero-order chi connectivity index (χ0) is 33.8. The number of amides is 2. The third-order valence-electron chi connectivity index (χ3n) is 10.7. The molecule has 0 radical (unpaired) electrons. The summed E-state index contributed by atoms with van der Waals surface area (Å²) in [6.45, 7) is 1.85. The standard InChI is InChI=1S/C35H41F3N4O5S/c1-47-27-12-7-23(8-13-27)31-30(22-5-3-2-4-6-22)28-14-9-24(32(43)40-48(45,46)21-35(36,37)38)17-29(28)42(31)20-34(15-16-34)33(44)41-19-25-10-11-26(41)18-39-25/h7-9,12-14,17,22,25-26,39H,2-6,10-11,15-16,18-21H2,1H3,(H,40,43). The van der Waals surface area contributed by atoms with Crippen molar-refractivity contribution in [2.45, 2.75) is 88.5 Å². The van der Waals surface area contributed by atoms with Crippen LogP contribution in [-0.4, -0.2) is 73.9 Å².